The largest absolute Gasteiger partial charge is 0.512 e. The molecule has 16 heavy (non-hydrogen) atoms. The average Bonchev–Trinajstić information content (AvgIpc) is 2.17. The molecule has 0 heterocycles. The fraction of sp³-hybridized carbons (Fsp3) is 0.231. The lowest BCUT2D eigenvalue weighted by Gasteiger charge is -2.22. The first-order valence-corrected chi connectivity index (χ1v) is 5.45. The van der Waals surface area contributed by atoms with E-state index in [9.17, 15) is 10.2 Å². The van der Waals surface area contributed by atoms with Crippen LogP contribution in [0.1, 0.15) is 18.9 Å². The second kappa shape index (κ2) is 4.85. The Balaban J connectivity index is 0.00000128. The van der Waals surface area contributed by atoms with Crippen LogP contribution in [0.4, 0.5) is 0 Å². The molecule has 1 aromatic rings. The highest BCUT2D eigenvalue weighted by molar-refractivity contribution is 9.10. The normalized spacial score (nSPS) is 28.1. The zero-order valence-corrected chi connectivity index (χ0v) is 9.55. The van der Waals surface area contributed by atoms with Crippen molar-refractivity contribution in [3.63, 3.8) is 0 Å². The van der Waals surface area contributed by atoms with Gasteiger partial charge in [-0.2, -0.15) is 0 Å². The maximum Gasteiger partial charge on any atom is 0.160 e. The van der Waals surface area contributed by atoms with Gasteiger partial charge in [-0.25, -0.2) is 0 Å². The molecule has 0 saturated carbocycles. The van der Waals surface area contributed by atoms with Gasteiger partial charge in [-0.1, -0.05) is 43.8 Å². The predicted octanol–water partition coefficient (Wildman–Crippen LogP) is 3.50. The summed E-state index contributed by atoms with van der Waals surface area (Å²) in [7, 11) is 0. The average molecular weight is 283 g/mol. The van der Waals surface area contributed by atoms with E-state index in [1.165, 1.54) is 6.08 Å². The summed E-state index contributed by atoms with van der Waals surface area (Å²) >= 11 is 3.07. The number of allylic oxidation sites excluding steroid dienone is 1. The van der Waals surface area contributed by atoms with Crippen molar-refractivity contribution >= 4 is 15.9 Å². The van der Waals surface area contributed by atoms with Crippen molar-refractivity contribution in [1.29, 1.82) is 0 Å². The Bertz CT molecular complexity index is 407. The van der Waals surface area contributed by atoms with Crippen LogP contribution in [0.2, 0.25) is 0 Å². The summed E-state index contributed by atoms with van der Waals surface area (Å²) in [5, 5.41) is 19.4. The van der Waals surface area contributed by atoms with Crippen molar-refractivity contribution in [3.05, 3.63) is 59.9 Å². The van der Waals surface area contributed by atoms with E-state index < -0.39 is 4.51 Å². The smallest absolute Gasteiger partial charge is 0.160 e. The van der Waals surface area contributed by atoms with Gasteiger partial charge in [0.1, 0.15) is 5.76 Å². The zero-order valence-electron chi connectivity index (χ0n) is 7.97. The maximum atomic E-state index is 9.78. The van der Waals surface area contributed by atoms with Crippen LogP contribution >= 0.6 is 15.9 Å². The molecule has 2 nitrogen and oxygen atoms in total. The molecule has 0 spiro atoms. The third-order valence-electron chi connectivity index (χ3n) is 2.35. The molecule has 0 amide bonds. The number of halogens is 1. The van der Waals surface area contributed by atoms with Crippen LogP contribution in [0.15, 0.2) is 54.3 Å². The molecule has 2 N–H and O–H groups in total. The minimum absolute atomic E-state index is 0. The fourth-order valence-corrected chi connectivity index (χ4v) is 2.00. The van der Waals surface area contributed by atoms with Gasteiger partial charge in [0.15, 0.2) is 4.51 Å². The third-order valence-corrected chi connectivity index (χ3v) is 2.84. The van der Waals surface area contributed by atoms with Crippen LogP contribution < -0.4 is 0 Å². The number of aliphatic hydroxyl groups is 2. The predicted molar refractivity (Wildman–Crippen MR) is 69.6 cm³/mol. The van der Waals surface area contributed by atoms with Gasteiger partial charge in [0.25, 0.3) is 0 Å². The monoisotopic (exact) mass is 282 g/mol. The molecule has 0 saturated heterocycles. The van der Waals surface area contributed by atoms with E-state index in [0.717, 1.165) is 5.56 Å². The van der Waals surface area contributed by atoms with Crippen molar-refractivity contribution in [3.8, 4) is 0 Å². The number of hydrogen-bond donors (Lipinski definition) is 2. The second-order valence-corrected chi connectivity index (χ2v) is 4.81. The minimum atomic E-state index is -1.22. The number of benzene rings is 1. The van der Waals surface area contributed by atoms with E-state index in [-0.39, 0.29) is 19.1 Å². The highest BCUT2D eigenvalue weighted by Gasteiger charge is 2.25. The Morgan fingerprint density at radius 3 is 2.38 bits per heavy atom. The highest BCUT2D eigenvalue weighted by atomic mass is 79.9. The fourth-order valence-electron chi connectivity index (χ4n) is 1.62. The van der Waals surface area contributed by atoms with Crippen LogP contribution in [0.25, 0.3) is 0 Å². The van der Waals surface area contributed by atoms with Crippen LogP contribution in [-0.4, -0.2) is 14.7 Å². The summed E-state index contributed by atoms with van der Waals surface area (Å²) < 4.78 is -1.22. The van der Waals surface area contributed by atoms with Crippen molar-refractivity contribution in [2.45, 2.75) is 17.9 Å². The molecule has 86 valence electrons. The Hall–Kier alpha value is -1.06. The molecule has 1 aliphatic rings. The van der Waals surface area contributed by atoms with Gasteiger partial charge < -0.3 is 10.2 Å². The summed E-state index contributed by atoms with van der Waals surface area (Å²) in [5.41, 5.74) is 1.01. The highest BCUT2D eigenvalue weighted by Crippen LogP contribution is 2.33. The SMILES string of the molecule is C.OC1=CC(O)(Br)C=CC1c1ccccc1. The van der Waals surface area contributed by atoms with Crippen molar-refractivity contribution in [2.75, 3.05) is 0 Å². The first-order valence-electron chi connectivity index (χ1n) is 4.66. The second-order valence-electron chi connectivity index (χ2n) is 3.54. The van der Waals surface area contributed by atoms with Gasteiger partial charge >= 0.3 is 0 Å². The molecule has 0 radical (unpaired) electrons. The van der Waals surface area contributed by atoms with Crippen molar-refractivity contribution in [2.24, 2.45) is 0 Å². The third kappa shape index (κ3) is 2.74. The van der Waals surface area contributed by atoms with Gasteiger partial charge in [-0.15, -0.1) is 0 Å². The maximum absolute atomic E-state index is 9.78. The topological polar surface area (TPSA) is 40.5 Å². The summed E-state index contributed by atoms with van der Waals surface area (Å²) in [6.07, 6.45) is 4.79. The Labute approximate surface area is 104 Å². The van der Waals surface area contributed by atoms with Crippen LogP contribution in [0.3, 0.4) is 0 Å². The van der Waals surface area contributed by atoms with Crippen molar-refractivity contribution in [1.82, 2.24) is 0 Å². The van der Waals surface area contributed by atoms with Crippen LogP contribution in [-0.2, 0) is 0 Å². The standard InChI is InChI=1S/C12H11BrO2.CH4/c13-12(15)7-6-10(11(14)8-12)9-4-2-1-3-5-9;/h1-8,10,14-15H;1H4. The van der Waals surface area contributed by atoms with Crippen molar-refractivity contribution < 1.29 is 10.2 Å². The van der Waals surface area contributed by atoms with E-state index in [1.807, 2.05) is 30.3 Å². The lowest BCUT2D eigenvalue weighted by molar-refractivity contribution is 0.230. The molecule has 3 heteroatoms. The molecular formula is C13H15BrO2. The summed E-state index contributed by atoms with van der Waals surface area (Å²) in [6, 6.07) is 9.66. The molecule has 0 bridgehead atoms. The van der Waals surface area contributed by atoms with Gasteiger partial charge in [0, 0.05) is 6.08 Å². The number of alkyl halides is 1. The molecule has 0 aromatic heterocycles. The van der Waals surface area contributed by atoms with Gasteiger partial charge in [0.2, 0.25) is 0 Å². The van der Waals surface area contributed by atoms with Gasteiger partial charge in [0.05, 0.1) is 5.92 Å². The summed E-state index contributed by atoms with van der Waals surface area (Å²) in [4.78, 5) is 0. The van der Waals surface area contributed by atoms with Crippen LogP contribution in [0, 0.1) is 0 Å². The van der Waals surface area contributed by atoms with Gasteiger partial charge in [-0.05, 0) is 27.6 Å². The van der Waals surface area contributed by atoms with E-state index in [1.54, 1.807) is 12.2 Å². The Kier molecular flexibility index (Phi) is 3.94. The molecule has 2 atom stereocenters. The molecule has 2 unspecified atom stereocenters. The van der Waals surface area contributed by atoms with E-state index in [0.29, 0.717) is 0 Å². The molecule has 1 aromatic carbocycles. The number of aliphatic hydroxyl groups excluding tert-OH is 1. The lowest BCUT2D eigenvalue weighted by atomic mass is 9.92. The molecule has 2 rings (SSSR count). The number of rotatable bonds is 1. The lowest BCUT2D eigenvalue weighted by Crippen LogP contribution is -2.19. The molecule has 1 aliphatic carbocycles. The quantitative estimate of drug-likeness (QED) is 0.611. The van der Waals surface area contributed by atoms with E-state index >= 15 is 0 Å². The number of hydrogen-bond acceptors (Lipinski definition) is 2. The first-order chi connectivity index (χ1) is 7.08. The molecule has 0 aliphatic heterocycles. The zero-order chi connectivity index (χ0) is 10.9. The van der Waals surface area contributed by atoms with Crippen LogP contribution in [0.5, 0.6) is 0 Å². The molecular weight excluding hydrogens is 268 g/mol. The summed E-state index contributed by atoms with van der Waals surface area (Å²) in [5.74, 6) is -0.00731. The van der Waals surface area contributed by atoms with E-state index in [2.05, 4.69) is 15.9 Å². The Morgan fingerprint density at radius 1 is 1.19 bits per heavy atom. The first kappa shape index (κ1) is 13.0. The van der Waals surface area contributed by atoms with Gasteiger partial charge in [-0.3, -0.25) is 0 Å². The minimum Gasteiger partial charge on any atom is -0.512 e. The summed E-state index contributed by atoms with van der Waals surface area (Å²) in [6.45, 7) is 0. The molecule has 0 fully saturated rings. The van der Waals surface area contributed by atoms with E-state index in [4.69, 9.17) is 0 Å². The Morgan fingerprint density at radius 2 is 1.81 bits per heavy atom.